The van der Waals surface area contributed by atoms with Crippen molar-refractivity contribution in [3.05, 3.63) is 28.2 Å². The monoisotopic (exact) mass is 359 g/mol. The van der Waals surface area contributed by atoms with Gasteiger partial charge in [0, 0.05) is 27.4 Å². The second kappa shape index (κ2) is 7.69. The normalized spacial score (nSPS) is 21.5. The molecular formula is C15H22BrNO2S. The molecule has 2 rings (SSSR count). The van der Waals surface area contributed by atoms with Crippen LogP contribution in [0.25, 0.3) is 0 Å². The highest BCUT2D eigenvalue weighted by atomic mass is 79.9. The quantitative estimate of drug-likeness (QED) is 0.845. The van der Waals surface area contributed by atoms with Crippen molar-refractivity contribution in [2.24, 2.45) is 0 Å². The van der Waals surface area contributed by atoms with Crippen molar-refractivity contribution >= 4 is 27.7 Å². The van der Waals surface area contributed by atoms with Crippen LogP contribution in [0.3, 0.4) is 0 Å². The third kappa shape index (κ3) is 3.91. The zero-order chi connectivity index (χ0) is 14.5. The number of rotatable bonds is 5. The largest absolute Gasteiger partial charge is 0.493 e. The van der Waals surface area contributed by atoms with Crippen molar-refractivity contribution in [1.29, 1.82) is 0 Å². The predicted molar refractivity (Wildman–Crippen MR) is 88.6 cm³/mol. The maximum Gasteiger partial charge on any atom is 0.125 e. The number of nitrogens with one attached hydrogen (secondary N) is 1. The molecule has 3 atom stereocenters. The first kappa shape index (κ1) is 16.1. The summed E-state index contributed by atoms with van der Waals surface area (Å²) in [6.45, 7) is 3.11. The molecule has 0 spiro atoms. The highest BCUT2D eigenvalue weighted by Gasteiger charge is 2.24. The Morgan fingerprint density at radius 2 is 2.35 bits per heavy atom. The van der Waals surface area contributed by atoms with Crippen LogP contribution in [0.5, 0.6) is 5.75 Å². The van der Waals surface area contributed by atoms with Crippen molar-refractivity contribution in [3.8, 4) is 5.75 Å². The van der Waals surface area contributed by atoms with E-state index in [0.29, 0.717) is 0 Å². The fourth-order valence-corrected chi connectivity index (χ4v) is 3.56. The van der Waals surface area contributed by atoms with Crippen LogP contribution in [0.2, 0.25) is 0 Å². The summed E-state index contributed by atoms with van der Waals surface area (Å²) in [5, 5.41) is 13.3. The van der Waals surface area contributed by atoms with E-state index < -0.39 is 0 Å². The maximum absolute atomic E-state index is 9.42. The van der Waals surface area contributed by atoms with Gasteiger partial charge in [0.15, 0.2) is 0 Å². The number of aliphatic hydroxyl groups is 1. The molecular weight excluding hydrogens is 338 g/mol. The number of aliphatic hydroxyl groups excluding tert-OH is 1. The summed E-state index contributed by atoms with van der Waals surface area (Å²) in [6.07, 6.45) is 4.14. The number of fused-ring (bicyclic) bond motifs is 1. The highest BCUT2D eigenvalue weighted by molar-refractivity contribution is 9.10. The van der Waals surface area contributed by atoms with Crippen LogP contribution in [0.1, 0.15) is 31.4 Å². The van der Waals surface area contributed by atoms with E-state index in [1.165, 1.54) is 5.56 Å². The van der Waals surface area contributed by atoms with Crippen LogP contribution >= 0.6 is 27.7 Å². The molecule has 112 valence electrons. The highest BCUT2D eigenvalue weighted by Crippen LogP contribution is 2.34. The van der Waals surface area contributed by atoms with E-state index in [4.69, 9.17) is 4.74 Å². The molecule has 1 aliphatic rings. The van der Waals surface area contributed by atoms with E-state index in [2.05, 4.69) is 40.3 Å². The van der Waals surface area contributed by atoms with Gasteiger partial charge in [0.1, 0.15) is 5.75 Å². The zero-order valence-electron chi connectivity index (χ0n) is 11.9. The second-order valence-electron chi connectivity index (χ2n) is 5.14. The van der Waals surface area contributed by atoms with Gasteiger partial charge in [-0.3, -0.25) is 0 Å². The minimum atomic E-state index is 0.200. The Balaban J connectivity index is 2.16. The first-order valence-electron chi connectivity index (χ1n) is 6.97. The van der Waals surface area contributed by atoms with Gasteiger partial charge in [-0.1, -0.05) is 22.0 Å². The van der Waals surface area contributed by atoms with Gasteiger partial charge in [0.2, 0.25) is 0 Å². The van der Waals surface area contributed by atoms with Crippen LogP contribution in [0, 0.1) is 0 Å². The molecule has 1 aliphatic heterocycles. The third-order valence-electron chi connectivity index (χ3n) is 3.75. The molecule has 0 aliphatic carbocycles. The molecule has 0 fully saturated rings. The number of thioether (sulfide) groups is 1. The predicted octanol–water partition coefficient (Wildman–Crippen LogP) is 3.36. The summed E-state index contributed by atoms with van der Waals surface area (Å²) >= 11 is 5.20. The fourth-order valence-electron chi connectivity index (χ4n) is 2.58. The Morgan fingerprint density at radius 3 is 3.05 bits per heavy atom. The van der Waals surface area contributed by atoms with Crippen molar-refractivity contribution in [2.75, 3.05) is 19.5 Å². The van der Waals surface area contributed by atoms with Gasteiger partial charge in [-0.2, -0.15) is 11.8 Å². The Hall–Kier alpha value is -0.230. The molecule has 1 heterocycles. The minimum Gasteiger partial charge on any atom is -0.493 e. The first-order valence-corrected chi connectivity index (χ1v) is 9.05. The van der Waals surface area contributed by atoms with Crippen molar-refractivity contribution in [3.63, 3.8) is 0 Å². The average Bonchev–Trinajstić information content (AvgIpc) is 2.62. The van der Waals surface area contributed by atoms with E-state index in [9.17, 15) is 5.11 Å². The number of hydrogen-bond acceptors (Lipinski definition) is 4. The van der Waals surface area contributed by atoms with Crippen molar-refractivity contribution in [1.82, 2.24) is 5.32 Å². The molecule has 1 aromatic carbocycles. The lowest BCUT2D eigenvalue weighted by Crippen LogP contribution is -2.39. The number of hydrogen-bond donors (Lipinski definition) is 2. The Labute approximate surface area is 133 Å². The Kier molecular flexibility index (Phi) is 6.20. The molecule has 1 aromatic rings. The van der Waals surface area contributed by atoms with E-state index in [1.807, 2.05) is 12.3 Å². The fraction of sp³-hybridized carbons (Fsp3) is 0.600. The number of ether oxygens (including phenoxy) is 1. The van der Waals surface area contributed by atoms with E-state index in [-0.39, 0.29) is 23.9 Å². The summed E-state index contributed by atoms with van der Waals surface area (Å²) in [5.41, 5.74) is 1.22. The van der Waals surface area contributed by atoms with Gasteiger partial charge in [-0.25, -0.2) is 0 Å². The molecule has 0 amide bonds. The van der Waals surface area contributed by atoms with Crippen molar-refractivity contribution in [2.45, 2.75) is 37.1 Å². The van der Waals surface area contributed by atoms with Gasteiger partial charge >= 0.3 is 0 Å². The number of halogens is 1. The smallest absolute Gasteiger partial charge is 0.125 e. The standard InChI is InChI=1S/C15H22BrNO2S/c1-10(15(9-18)20-2)17-13-4-3-7-19-14-8-11(16)5-6-12(13)14/h5-6,8,10,13,15,17-18H,3-4,7,9H2,1-2H3. The average molecular weight is 360 g/mol. The molecule has 20 heavy (non-hydrogen) atoms. The molecule has 3 unspecified atom stereocenters. The van der Waals surface area contributed by atoms with Gasteiger partial charge in [0.05, 0.1) is 13.2 Å². The van der Waals surface area contributed by atoms with Gasteiger partial charge < -0.3 is 15.2 Å². The summed E-state index contributed by atoms with van der Waals surface area (Å²) in [4.78, 5) is 0. The zero-order valence-corrected chi connectivity index (χ0v) is 14.3. The minimum absolute atomic E-state index is 0.200. The summed E-state index contributed by atoms with van der Waals surface area (Å²) in [6, 6.07) is 6.77. The van der Waals surface area contributed by atoms with Crippen LogP contribution in [0.15, 0.2) is 22.7 Å². The van der Waals surface area contributed by atoms with E-state index >= 15 is 0 Å². The molecule has 0 saturated heterocycles. The Morgan fingerprint density at radius 1 is 1.55 bits per heavy atom. The second-order valence-corrected chi connectivity index (χ2v) is 7.13. The molecule has 0 saturated carbocycles. The van der Waals surface area contributed by atoms with E-state index in [1.54, 1.807) is 11.8 Å². The Bertz CT molecular complexity index is 440. The van der Waals surface area contributed by atoms with Crippen LogP contribution < -0.4 is 10.1 Å². The SMILES string of the molecule is CSC(CO)C(C)NC1CCCOc2cc(Br)ccc21. The molecule has 5 heteroatoms. The molecule has 0 bridgehead atoms. The van der Waals surface area contributed by atoms with Crippen LogP contribution in [-0.2, 0) is 0 Å². The van der Waals surface area contributed by atoms with Crippen LogP contribution in [-0.4, -0.2) is 35.9 Å². The van der Waals surface area contributed by atoms with Gasteiger partial charge in [-0.15, -0.1) is 0 Å². The maximum atomic E-state index is 9.42. The lowest BCUT2D eigenvalue weighted by molar-refractivity contribution is 0.268. The third-order valence-corrected chi connectivity index (χ3v) is 5.41. The summed E-state index contributed by atoms with van der Waals surface area (Å²) in [5.74, 6) is 0.964. The lowest BCUT2D eigenvalue weighted by atomic mass is 10.0. The van der Waals surface area contributed by atoms with Crippen molar-refractivity contribution < 1.29 is 9.84 Å². The topological polar surface area (TPSA) is 41.5 Å². The summed E-state index contributed by atoms with van der Waals surface area (Å²) in [7, 11) is 0. The molecule has 2 N–H and O–H groups in total. The molecule has 3 nitrogen and oxygen atoms in total. The lowest BCUT2D eigenvalue weighted by Gasteiger charge is -2.27. The van der Waals surface area contributed by atoms with Gasteiger partial charge in [0.25, 0.3) is 0 Å². The molecule has 0 aromatic heterocycles. The number of benzene rings is 1. The van der Waals surface area contributed by atoms with E-state index in [0.717, 1.165) is 29.7 Å². The molecule has 0 radical (unpaired) electrons. The first-order chi connectivity index (χ1) is 9.65. The summed E-state index contributed by atoms with van der Waals surface area (Å²) < 4.78 is 6.87. The van der Waals surface area contributed by atoms with Gasteiger partial charge in [-0.05, 0) is 38.2 Å². The van der Waals surface area contributed by atoms with Crippen LogP contribution in [0.4, 0.5) is 0 Å².